The van der Waals surface area contributed by atoms with Gasteiger partial charge in [-0.2, -0.15) is 9.40 Å². The van der Waals surface area contributed by atoms with E-state index in [1.165, 1.54) is 21.4 Å². The Hall–Kier alpha value is -1.45. The Labute approximate surface area is 123 Å². The number of sulfonamides is 1. The number of hydrogen-bond donors (Lipinski definition) is 2. The molecule has 0 bridgehead atoms. The molecule has 0 atom stereocenters. The van der Waals surface area contributed by atoms with E-state index in [9.17, 15) is 13.2 Å². The highest BCUT2D eigenvalue weighted by Gasteiger charge is 2.29. The molecule has 0 spiro atoms. The largest absolute Gasteiger partial charge is 0.481 e. The minimum absolute atomic E-state index is 0.0152. The molecule has 2 N–H and O–H groups in total. The van der Waals surface area contributed by atoms with Gasteiger partial charge >= 0.3 is 5.97 Å². The maximum absolute atomic E-state index is 12.5. The lowest BCUT2D eigenvalue weighted by molar-refractivity contribution is -0.137. The Morgan fingerprint density at radius 1 is 1.52 bits per heavy atom. The summed E-state index contributed by atoms with van der Waals surface area (Å²) in [6, 6.07) is -0.0152. The average molecular weight is 316 g/mol. The van der Waals surface area contributed by atoms with E-state index in [4.69, 9.17) is 5.11 Å². The first-order chi connectivity index (χ1) is 9.91. The number of nitrogens with zero attached hydrogens (tertiary/aromatic N) is 3. The number of aliphatic carboxylic acids is 1. The highest BCUT2D eigenvalue weighted by atomic mass is 32.2. The molecule has 2 heterocycles. The molecule has 118 valence electrons. The number of carbonyl (C=O) groups is 1. The first-order valence-corrected chi connectivity index (χ1v) is 8.28. The van der Waals surface area contributed by atoms with Gasteiger partial charge in [-0.05, 0) is 25.9 Å². The number of nitrogens with one attached hydrogen (secondary N) is 1. The molecular formula is C12H20N4O4S. The molecule has 0 unspecified atom stereocenters. The highest BCUT2D eigenvalue weighted by Crippen LogP contribution is 2.20. The number of rotatable bonds is 6. The van der Waals surface area contributed by atoms with Crippen LogP contribution in [-0.4, -0.2) is 59.8 Å². The third kappa shape index (κ3) is 3.80. The first kappa shape index (κ1) is 15.9. The third-order valence-electron chi connectivity index (χ3n) is 3.66. The molecule has 21 heavy (non-hydrogen) atoms. The van der Waals surface area contributed by atoms with Crippen LogP contribution >= 0.6 is 0 Å². The van der Waals surface area contributed by atoms with Gasteiger partial charge in [0.25, 0.3) is 0 Å². The SMILES string of the molecule is CN(C1CCNCC1)S(=O)(=O)c1cnn(CCC(=O)O)c1. The minimum Gasteiger partial charge on any atom is -0.481 e. The molecular weight excluding hydrogens is 296 g/mol. The van der Waals surface area contributed by atoms with Gasteiger partial charge < -0.3 is 10.4 Å². The zero-order chi connectivity index (χ0) is 15.5. The summed E-state index contributed by atoms with van der Waals surface area (Å²) in [5, 5.41) is 15.7. The van der Waals surface area contributed by atoms with Crippen molar-refractivity contribution in [2.45, 2.75) is 36.7 Å². The molecule has 0 aromatic carbocycles. The number of carboxylic acids is 1. The lowest BCUT2D eigenvalue weighted by atomic mass is 10.1. The number of piperidine rings is 1. The number of hydrogen-bond acceptors (Lipinski definition) is 5. The fourth-order valence-electron chi connectivity index (χ4n) is 2.34. The van der Waals surface area contributed by atoms with E-state index >= 15 is 0 Å². The van der Waals surface area contributed by atoms with Crippen molar-refractivity contribution in [3.8, 4) is 0 Å². The van der Waals surface area contributed by atoms with Gasteiger partial charge in [-0.3, -0.25) is 9.48 Å². The second-order valence-corrected chi connectivity index (χ2v) is 7.08. The Kier molecular flexibility index (Phi) is 4.96. The second-order valence-electron chi connectivity index (χ2n) is 5.09. The molecule has 1 aromatic rings. The summed E-state index contributed by atoms with van der Waals surface area (Å²) in [5.41, 5.74) is 0. The van der Waals surface area contributed by atoms with Crippen LogP contribution in [0.5, 0.6) is 0 Å². The molecule has 1 aromatic heterocycles. The standard InChI is InChI=1S/C12H20N4O4S/c1-15(10-2-5-13-6-3-10)21(19,20)11-8-14-16(9-11)7-4-12(17)18/h8-10,13H,2-7H2,1H3,(H,17,18). The van der Waals surface area contributed by atoms with Crippen LogP contribution in [0, 0.1) is 0 Å². The summed E-state index contributed by atoms with van der Waals surface area (Å²) in [7, 11) is -2.00. The second kappa shape index (κ2) is 6.54. The molecule has 2 rings (SSSR count). The van der Waals surface area contributed by atoms with Crippen LogP contribution in [0.25, 0.3) is 0 Å². The molecule has 0 amide bonds. The van der Waals surface area contributed by atoms with Gasteiger partial charge in [0, 0.05) is 19.3 Å². The van der Waals surface area contributed by atoms with Gasteiger partial charge in [0.2, 0.25) is 10.0 Å². The molecule has 1 fully saturated rings. The fraction of sp³-hybridized carbons (Fsp3) is 0.667. The van der Waals surface area contributed by atoms with Gasteiger partial charge in [-0.15, -0.1) is 0 Å². The van der Waals surface area contributed by atoms with Gasteiger partial charge in [0.15, 0.2) is 0 Å². The van der Waals surface area contributed by atoms with E-state index in [2.05, 4.69) is 10.4 Å². The molecule has 1 aliphatic rings. The lowest BCUT2D eigenvalue weighted by Crippen LogP contribution is -2.43. The van der Waals surface area contributed by atoms with Crippen LogP contribution in [0.4, 0.5) is 0 Å². The van der Waals surface area contributed by atoms with E-state index in [1.807, 2.05) is 0 Å². The lowest BCUT2D eigenvalue weighted by Gasteiger charge is -2.30. The molecule has 0 radical (unpaired) electrons. The van der Waals surface area contributed by atoms with E-state index in [0.717, 1.165) is 25.9 Å². The van der Waals surface area contributed by atoms with E-state index in [1.54, 1.807) is 7.05 Å². The number of aromatic nitrogens is 2. The summed E-state index contributed by atoms with van der Waals surface area (Å²) < 4.78 is 27.8. The van der Waals surface area contributed by atoms with E-state index in [-0.39, 0.29) is 23.9 Å². The van der Waals surface area contributed by atoms with Gasteiger partial charge in [-0.25, -0.2) is 8.42 Å². The molecule has 0 aliphatic carbocycles. The van der Waals surface area contributed by atoms with Crippen LogP contribution in [0.15, 0.2) is 17.3 Å². The summed E-state index contributed by atoms with van der Waals surface area (Å²) in [5.74, 6) is -0.943. The van der Waals surface area contributed by atoms with E-state index in [0.29, 0.717) is 0 Å². The molecule has 8 nitrogen and oxygen atoms in total. The fourth-order valence-corrected chi connectivity index (χ4v) is 3.71. The van der Waals surface area contributed by atoms with Crippen molar-refractivity contribution >= 4 is 16.0 Å². The first-order valence-electron chi connectivity index (χ1n) is 6.84. The van der Waals surface area contributed by atoms with Crippen molar-refractivity contribution in [1.82, 2.24) is 19.4 Å². The smallest absolute Gasteiger partial charge is 0.305 e. The number of carboxylic acid groups (broad SMARTS) is 1. The topological polar surface area (TPSA) is 105 Å². The summed E-state index contributed by atoms with van der Waals surface area (Å²) >= 11 is 0. The molecule has 9 heteroatoms. The minimum atomic E-state index is -3.58. The Balaban J connectivity index is 2.09. The Morgan fingerprint density at radius 3 is 2.81 bits per heavy atom. The van der Waals surface area contributed by atoms with E-state index < -0.39 is 16.0 Å². The predicted octanol–water partition coefficient (Wildman–Crippen LogP) is -0.270. The van der Waals surface area contributed by atoms with Crippen molar-refractivity contribution in [2.75, 3.05) is 20.1 Å². The Bertz CT molecular complexity index is 592. The quantitative estimate of drug-likeness (QED) is 0.748. The maximum Gasteiger partial charge on any atom is 0.305 e. The zero-order valence-electron chi connectivity index (χ0n) is 11.9. The van der Waals surface area contributed by atoms with Crippen molar-refractivity contribution in [2.24, 2.45) is 0 Å². The van der Waals surface area contributed by atoms with Crippen molar-refractivity contribution in [3.63, 3.8) is 0 Å². The third-order valence-corrected chi connectivity index (χ3v) is 5.53. The van der Waals surface area contributed by atoms with Crippen LogP contribution in [0.3, 0.4) is 0 Å². The van der Waals surface area contributed by atoms with Crippen molar-refractivity contribution in [3.05, 3.63) is 12.4 Å². The van der Waals surface area contributed by atoms with Crippen LogP contribution in [0.2, 0.25) is 0 Å². The van der Waals surface area contributed by atoms with Gasteiger partial charge in [0.1, 0.15) is 4.90 Å². The Morgan fingerprint density at radius 2 is 2.19 bits per heavy atom. The van der Waals surface area contributed by atoms with Crippen LogP contribution in [0.1, 0.15) is 19.3 Å². The summed E-state index contributed by atoms with van der Waals surface area (Å²) in [6.45, 7) is 1.77. The van der Waals surface area contributed by atoms with Crippen molar-refractivity contribution < 1.29 is 18.3 Å². The van der Waals surface area contributed by atoms with Gasteiger partial charge in [0.05, 0.1) is 19.2 Å². The average Bonchev–Trinajstić information content (AvgIpc) is 2.95. The molecule has 0 saturated carbocycles. The van der Waals surface area contributed by atoms with Gasteiger partial charge in [-0.1, -0.05) is 0 Å². The van der Waals surface area contributed by atoms with Crippen LogP contribution in [-0.2, 0) is 21.4 Å². The predicted molar refractivity (Wildman–Crippen MR) is 75.3 cm³/mol. The molecule has 1 saturated heterocycles. The van der Waals surface area contributed by atoms with Crippen LogP contribution < -0.4 is 5.32 Å². The molecule has 1 aliphatic heterocycles. The highest BCUT2D eigenvalue weighted by molar-refractivity contribution is 7.89. The monoisotopic (exact) mass is 316 g/mol. The summed E-state index contributed by atoms with van der Waals surface area (Å²) in [4.78, 5) is 10.6. The van der Waals surface area contributed by atoms with Crippen molar-refractivity contribution in [1.29, 1.82) is 0 Å². The normalized spacial score (nSPS) is 17.2. The maximum atomic E-state index is 12.5. The summed E-state index contributed by atoms with van der Waals surface area (Å²) in [6.07, 6.45) is 4.13. The number of aryl methyl sites for hydroxylation is 1. The zero-order valence-corrected chi connectivity index (χ0v) is 12.7.